The fourth-order valence-electron chi connectivity index (χ4n) is 1.20. The minimum absolute atomic E-state index is 0. The summed E-state index contributed by atoms with van der Waals surface area (Å²) in [5.41, 5.74) is -0.328. The largest absolute Gasteiger partial charge is 0.460 e. The van der Waals surface area contributed by atoms with Gasteiger partial charge in [-0.1, -0.05) is 39.5 Å². The molecule has 0 saturated heterocycles. The maximum absolute atomic E-state index is 10.2. The molecule has 0 N–H and O–H groups in total. The molecule has 0 aromatic carbocycles. The van der Waals surface area contributed by atoms with Crippen LogP contribution in [0, 0.1) is 43.5 Å². The number of carbonyl (C=O) groups is 1. The van der Waals surface area contributed by atoms with E-state index in [-0.39, 0.29) is 42.7 Å². The van der Waals surface area contributed by atoms with Crippen LogP contribution in [0.4, 0.5) is 0 Å². The molecular formula is C15H31O2U-. The molecule has 1 atom stereocenters. The van der Waals surface area contributed by atoms with Crippen molar-refractivity contribution in [2.45, 2.75) is 79.8 Å². The van der Waals surface area contributed by atoms with E-state index >= 15 is 0 Å². The summed E-state index contributed by atoms with van der Waals surface area (Å²) in [7, 11) is 0. The van der Waals surface area contributed by atoms with Gasteiger partial charge in [0.2, 0.25) is 0 Å². The van der Waals surface area contributed by atoms with Crippen LogP contribution in [0.5, 0.6) is 0 Å². The molecule has 0 amide bonds. The Morgan fingerprint density at radius 2 is 1.78 bits per heavy atom. The van der Waals surface area contributed by atoms with Crippen LogP contribution in [0.25, 0.3) is 0 Å². The Morgan fingerprint density at radius 3 is 2.00 bits per heavy atom. The molecule has 0 aliphatic rings. The fraction of sp³-hybridized carbons (Fsp3) is 0.867. The third-order valence-corrected chi connectivity index (χ3v) is 2.21. The first-order valence-corrected chi connectivity index (χ1v) is 6.74. The quantitative estimate of drug-likeness (QED) is 0.321. The second kappa shape index (κ2) is 13.9. The third-order valence-electron chi connectivity index (χ3n) is 2.21. The molecule has 1 unspecified atom stereocenters. The van der Waals surface area contributed by atoms with Gasteiger partial charge in [0.05, 0.1) is 0 Å². The van der Waals surface area contributed by atoms with Gasteiger partial charge < -0.3 is 11.2 Å². The molecule has 2 nitrogen and oxygen atoms in total. The minimum atomic E-state index is -0.328. The van der Waals surface area contributed by atoms with Crippen molar-refractivity contribution in [1.29, 1.82) is 0 Å². The summed E-state index contributed by atoms with van der Waals surface area (Å²) in [6.07, 6.45) is 7.64. The SMILES string of the molecule is CC(=O)OC(C)(C)C.CCC[CH-]CC(C)CC.[U]. The van der Waals surface area contributed by atoms with Crippen molar-refractivity contribution in [3.63, 3.8) is 0 Å². The topological polar surface area (TPSA) is 26.3 Å². The molecule has 0 bridgehead atoms. The molecule has 18 heavy (non-hydrogen) atoms. The van der Waals surface area contributed by atoms with Crippen molar-refractivity contribution in [2.24, 2.45) is 5.92 Å². The fourth-order valence-corrected chi connectivity index (χ4v) is 1.20. The molecule has 0 aromatic heterocycles. The Balaban J connectivity index is -0.000000238. The van der Waals surface area contributed by atoms with Crippen LogP contribution in [-0.2, 0) is 9.53 Å². The van der Waals surface area contributed by atoms with Crippen LogP contribution >= 0.6 is 0 Å². The van der Waals surface area contributed by atoms with E-state index in [1.807, 2.05) is 20.8 Å². The molecule has 0 rings (SSSR count). The van der Waals surface area contributed by atoms with E-state index in [4.69, 9.17) is 4.74 Å². The summed E-state index contributed by atoms with van der Waals surface area (Å²) in [6, 6.07) is 0. The van der Waals surface area contributed by atoms with E-state index in [0.29, 0.717) is 0 Å². The number of carbonyl (C=O) groups excluding carboxylic acids is 1. The number of hydrogen-bond acceptors (Lipinski definition) is 2. The van der Waals surface area contributed by atoms with Gasteiger partial charge in [0.15, 0.2) is 0 Å². The number of rotatable bonds is 5. The maximum atomic E-state index is 10.2. The standard InChI is InChI=1S/C9H19.C6H12O2.U/c1-4-6-7-8-9(3)5-2;1-5(7)8-6(2,3)4;/h7,9H,4-6,8H2,1-3H3;1-4H3;/q-1;;. The second-order valence-corrected chi connectivity index (χ2v) is 5.53. The van der Waals surface area contributed by atoms with E-state index in [1.165, 1.54) is 32.6 Å². The van der Waals surface area contributed by atoms with E-state index < -0.39 is 0 Å². The smallest absolute Gasteiger partial charge is 0.303 e. The molecule has 0 heterocycles. The van der Waals surface area contributed by atoms with E-state index in [0.717, 1.165) is 5.92 Å². The average Bonchev–Trinajstić information content (AvgIpc) is 2.15. The first kappa shape index (κ1) is 23.6. The van der Waals surface area contributed by atoms with Crippen molar-refractivity contribution in [2.75, 3.05) is 0 Å². The van der Waals surface area contributed by atoms with Crippen LogP contribution < -0.4 is 0 Å². The van der Waals surface area contributed by atoms with Gasteiger partial charge in [-0.3, -0.25) is 4.79 Å². The molecule has 0 aliphatic carbocycles. The van der Waals surface area contributed by atoms with Crippen LogP contribution in [0.15, 0.2) is 0 Å². The number of ether oxygens (including phenoxy) is 1. The van der Waals surface area contributed by atoms with Gasteiger partial charge in [-0.25, -0.2) is 0 Å². The predicted molar refractivity (Wildman–Crippen MR) is 74.8 cm³/mol. The van der Waals surface area contributed by atoms with Gasteiger partial charge in [0, 0.05) is 38.0 Å². The summed E-state index contributed by atoms with van der Waals surface area (Å²) >= 11 is 0. The molecule has 0 aromatic rings. The zero-order valence-electron chi connectivity index (χ0n) is 13.3. The first-order chi connectivity index (χ1) is 7.72. The zero-order chi connectivity index (χ0) is 13.9. The van der Waals surface area contributed by atoms with Crippen molar-refractivity contribution < 1.29 is 40.6 Å². The van der Waals surface area contributed by atoms with Crippen LogP contribution in [0.1, 0.15) is 74.1 Å². The molecule has 0 saturated carbocycles. The van der Waals surface area contributed by atoms with Crippen molar-refractivity contribution in [3.05, 3.63) is 6.42 Å². The Morgan fingerprint density at radius 1 is 1.28 bits per heavy atom. The van der Waals surface area contributed by atoms with E-state index in [1.54, 1.807) is 0 Å². The third kappa shape index (κ3) is 25.4. The number of esters is 1. The van der Waals surface area contributed by atoms with Gasteiger partial charge in [0.25, 0.3) is 0 Å². The monoisotopic (exact) mass is 481 g/mol. The van der Waals surface area contributed by atoms with Crippen LogP contribution in [0.2, 0.25) is 0 Å². The van der Waals surface area contributed by atoms with E-state index in [2.05, 4.69) is 27.2 Å². The van der Waals surface area contributed by atoms with Crippen LogP contribution in [0.3, 0.4) is 0 Å². The maximum Gasteiger partial charge on any atom is 0.303 e. The summed E-state index contributed by atoms with van der Waals surface area (Å²) in [4.78, 5) is 10.2. The molecule has 0 aliphatic heterocycles. The molecule has 3 heteroatoms. The number of hydrogen-bond donors (Lipinski definition) is 0. The molecule has 0 spiro atoms. The molecule has 0 fully saturated rings. The zero-order valence-corrected chi connectivity index (χ0v) is 17.5. The summed E-state index contributed by atoms with van der Waals surface area (Å²) in [6.45, 7) is 13.7. The Labute approximate surface area is 138 Å². The molecule has 108 valence electrons. The van der Waals surface area contributed by atoms with Crippen molar-refractivity contribution in [3.8, 4) is 0 Å². The normalized spacial score (nSPS) is 11.7. The second-order valence-electron chi connectivity index (χ2n) is 5.53. The molecule has 0 radical (unpaired) electrons. The Kier molecular flexibility index (Phi) is 18.3. The van der Waals surface area contributed by atoms with Gasteiger partial charge in [-0.15, -0.1) is 0 Å². The van der Waals surface area contributed by atoms with Gasteiger partial charge >= 0.3 is 5.97 Å². The summed E-state index contributed by atoms with van der Waals surface area (Å²) in [5.74, 6) is 0.675. The summed E-state index contributed by atoms with van der Waals surface area (Å²) < 4.78 is 4.80. The Bertz CT molecular complexity index is 185. The van der Waals surface area contributed by atoms with Crippen molar-refractivity contribution >= 4 is 5.97 Å². The van der Waals surface area contributed by atoms with Crippen LogP contribution in [-0.4, -0.2) is 11.6 Å². The summed E-state index contributed by atoms with van der Waals surface area (Å²) in [5, 5.41) is 0. The average molecular weight is 481 g/mol. The van der Waals surface area contributed by atoms with Gasteiger partial charge in [-0.2, -0.15) is 12.8 Å². The molecular weight excluding hydrogens is 450 g/mol. The Hall–Kier alpha value is 0.522. The first-order valence-electron chi connectivity index (χ1n) is 6.74. The van der Waals surface area contributed by atoms with E-state index in [9.17, 15) is 4.79 Å². The minimum Gasteiger partial charge on any atom is -0.460 e. The number of unbranched alkanes of at least 4 members (excludes halogenated alkanes) is 2. The van der Waals surface area contributed by atoms with Gasteiger partial charge in [0.1, 0.15) is 5.60 Å². The van der Waals surface area contributed by atoms with Gasteiger partial charge in [-0.05, 0) is 20.8 Å². The predicted octanol–water partition coefficient (Wildman–Crippen LogP) is 4.77. The van der Waals surface area contributed by atoms with Crippen molar-refractivity contribution in [1.82, 2.24) is 0 Å².